The Morgan fingerprint density at radius 2 is 1.88 bits per heavy atom. The molecule has 1 aromatic heterocycles. The first-order chi connectivity index (χ1) is 18.8. The highest BCUT2D eigenvalue weighted by molar-refractivity contribution is 5.95. The van der Waals surface area contributed by atoms with E-state index < -0.39 is 66.2 Å². The van der Waals surface area contributed by atoms with Crippen molar-refractivity contribution in [2.45, 2.75) is 90.1 Å². The van der Waals surface area contributed by atoms with Crippen molar-refractivity contribution in [1.29, 1.82) is 0 Å². The third-order valence-electron chi connectivity index (χ3n) is 6.57. The van der Waals surface area contributed by atoms with Crippen LogP contribution in [0, 0.1) is 5.92 Å². The lowest BCUT2D eigenvalue weighted by Crippen LogP contribution is -2.59. The fourth-order valence-corrected chi connectivity index (χ4v) is 4.30. The van der Waals surface area contributed by atoms with Gasteiger partial charge in [0.2, 0.25) is 17.7 Å². The van der Waals surface area contributed by atoms with E-state index in [4.69, 9.17) is 4.74 Å². The molecule has 224 valence electrons. The number of aromatic amines is 1. The lowest BCUT2D eigenvalue weighted by molar-refractivity contribution is -0.148. The standard InChI is InChI=1S/C26H42N6O8/c1-7-15(2)20(31-25(38)40-26(3,4)5)22(35)29-17(11-16-12-27-14-28-16)23(36)32-10-8-9-19(32)21(34)30-18(13-33)24(37)39-6/h12,14-15,17-20,33H,7-11,13H2,1-6H3,(H,27,28)(H,29,35)(H,30,34)(H,31,38)/t15-,17-,18-,19-,20-/m0/s1. The molecule has 1 aromatic rings. The van der Waals surface area contributed by atoms with Crippen LogP contribution in [0.5, 0.6) is 0 Å². The van der Waals surface area contributed by atoms with Crippen molar-refractivity contribution in [1.82, 2.24) is 30.8 Å². The monoisotopic (exact) mass is 566 g/mol. The summed E-state index contributed by atoms with van der Waals surface area (Å²) in [6.45, 7) is 8.37. The first kappa shape index (κ1) is 32.5. The number of ether oxygens (including phenoxy) is 2. The van der Waals surface area contributed by atoms with E-state index in [1.807, 2.05) is 6.92 Å². The van der Waals surface area contributed by atoms with Gasteiger partial charge in [0.25, 0.3) is 0 Å². The van der Waals surface area contributed by atoms with Crippen LogP contribution in [-0.2, 0) is 35.1 Å². The van der Waals surface area contributed by atoms with Crippen molar-refractivity contribution in [3.05, 3.63) is 18.2 Å². The van der Waals surface area contributed by atoms with Gasteiger partial charge in [-0.3, -0.25) is 14.4 Å². The normalized spacial score (nSPS) is 18.2. The summed E-state index contributed by atoms with van der Waals surface area (Å²) < 4.78 is 9.92. The minimum absolute atomic E-state index is 0.0278. The number of hydrogen-bond acceptors (Lipinski definition) is 9. The number of alkyl carbamates (subject to hydrolysis) is 1. The van der Waals surface area contributed by atoms with Gasteiger partial charge in [0.1, 0.15) is 23.7 Å². The zero-order chi connectivity index (χ0) is 30.0. The van der Waals surface area contributed by atoms with E-state index in [9.17, 15) is 29.1 Å². The predicted octanol–water partition coefficient (Wildman–Crippen LogP) is 0.0175. The molecule has 5 N–H and O–H groups in total. The molecule has 0 unspecified atom stereocenters. The molecule has 1 aliphatic heterocycles. The molecule has 0 bridgehead atoms. The molecule has 0 spiro atoms. The first-order valence-corrected chi connectivity index (χ1v) is 13.4. The molecule has 0 saturated carbocycles. The van der Waals surface area contributed by atoms with Crippen LogP contribution in [0.2, 0.25) is 0 Å². The number of imidazole rings is 1. The average Bonchev–Trinajstić information content (AvgIpc) is 3.60. The Labute approximate surface area is 233 Å². The SMILES string of the molecule is CC[C@H](C)[C@H](NC(=O)OC(C)(C)C)C(=O)N[C@@H](Cc1c[nH]cn1)C(=O)N1CCC[C@H]1C(=O)N[C@@H](CO)C(=O)OC. The molecule has 0 aliphatic carbocycles. The zero-order valence-electron chi connectivity index (χ0n) is 24.0. The largest absolute Gasteiger partial charge is 0.467 e. The minimum atomic E-state index is -1.27. The zero-order valence-corrected chi connectivity index (χ0v) is 24.0. The first-order valence-electron chi connectivity index (χ1n) is 13.4. The molecule has 0 aromatic carbocycles. The number of esters is 1. The number of aliphatic hydroxyl groups excluding tert-OH is 1. The van der Waals surface area contributed by atoms with E-state index in [0.717, 1.165) is 7.11 Å². The maximum atomic E-state index is 13.8. The van der Waals surface area contributed by atoms with Gasteiger partial charge in [0.05, 0.1) is 25.7 Å². The fraction of sp³-hybridized carbons (Fsp3) is 0.692. The Balaban J connectivity index is 2.26. The molecule has 14 heteroatoms. The smallest absolute Gasteiger partial charge is 0.408 e. The summed E-state index contributed by atoms with van der Waals surface area (Å²) in [4.78, 5) is 72.9. The second-order valence-corrected chi connectivity index (χ2v) is 10.8. The number of aromatic nitrogens is 2. The Morgan fingerprint density at radius 3 is 2.42 bits per heavy atom. The average molecular weight is 567 g/mol. The Bertz CT molecular complexity index is 1020. The van der Waals surface area contributed by atoms with E-state index in [0.29, 0.717) is 25.0 Å². The summed E-state index contributed by atoms with van der Waals surface area (Å²) in [6.07, 6.45) is 3.71. The Hall–Kier alpha value is -3.68. The molecular weight excluding hydrogens is 524 g/mol. The summed E-state index contributed by atoms with van der Waals surface area (Å²) in [5.41, 5.74) is -0.266. The summed E-state index contributed by atoms with van der Waals surface area (Å²) in [5, 5.41) is 17.3. The van der Waals surface area contributed by atoms with Crippen molar-refractivity contribution >= 4 is 29.8 Å². The van der Waals surface area contributed by atoms with Gasteiger partial charge in [0.15, 0.2) is 6.04 Å². The van der Waals surface area contributed by atoms with Gasteiger partial charge < -0.3 is 40.4 Å². The number of likely N-dealkylation sites (tertiary alicyclic amines) is 1. The molecule has 2 rings (SSSR count). The molecule has 1 saturated heterocycles. The van der Waals surface area contributed by atoms with Crippen LogP contribution in [-0.4, -0.2) is 99.8 Å². The van der Waals surface area contributed by atoms with Crippen LogP contribution in [0.4, 0.5) is 4.79 Å². The lowest BCUT2D eigenvalue weighted by atomic mass is 9.97. The number of nitrogens with one attached hydrogen (secondary N) is 4. The van der Waals surface area contributed by atoms with Gasteiger partial charge >= 0.3 is 12.1 Å². The molecule has 14 nitrogen and oxygen atoms in total. The van der Waals surface area contributed by atoms with Crippen LogP contribution in [0.25, 0.3) is 0 Å². The number of rotatable bonds is 12. The number of methoxy groups -OCH3 is 1. The predicted molar refractivity (Wildman–Crippen MR) is 143 cm³/mol. The summed E-state index contributed by atoms with van der Waals surface area (Å²) in [7, 11) is 1.13. The highest BCUT2D eigenvalue weighted by Gasteiger charge is 2.40. The minimum Gasteiger partial charge on any atom is -0.467 e. The summed E-state index contributed by atoms with van der Waals surface area (Å²) in [5.74, 6) is -2.82. The van der Waals surface area contributed by atoms with Crippen LogP contribution >= 0.6 is 0 Å². The maximum absolute atomic E-state index is 13.8. The van der Waals surface area contributed by atoms with Crippen LogP contribution in [0.1, 0.15) is 59.6 Å². The van der Waals surface area contributed by atoms with Gasteiger partial charge in [-0.1, -0.05) is 20.3 Å². The lowest BCUT2D eigenvalue weighted by Gasteiger charge is -2.31. The maximum Gasteiger partial charge on any atom is 0.408 e. The number of carbonyl (C=O) groups excluding carboxylic acids is 5. The number of hydrogen-bond donors (Lipinski definition) is 5. The molecule has 4 amide bonds. The molecule has 2 heterocycles. The second-order valence-electron chi connectivity index (χ2n) is 10.8. The second kappa shape index (κ2) is 14.6. The fourth-order valence-electron chi connectivity index (χ4n) is 4.30. The number of amides is 4. The van der Waals surface area contributed by atoms with Gasteiger partial charge in [-0.2, -0.15) is 0 Å². The van der Waals surface area contributed by atoms with Gasteiger partial charge in [-0.15, -0.1) is 0 Å². The van der Waals surface area contributed by atoms with E-state index >= 15 is 0 Å². The van der Waals surface area contributed by atoms with Gasteiger partial charge in [-0.25, -0.2) is 14.6 Å². The van der Waals surface area contributed by atoms with Crippen LogP contribution in [0.15, 0.2) is 12.5 Å². The summed E-state index contributed by atoms with van der Waals surface area (Å²) >= 11 is 0. The highest BCUT2D eigenvalue weighted by atomic mass is 16.6. The topological polar surface area (TPSA) is 192 Å². The molecular formula is C26H42N6O8. The van der Waals surface area contributed by atoms with Crippen LogP contribution < -0.4 is 16.0 Å². The number of H-pyrrole nitrogens is 1. The molecule has 0 radical (unpaired) electrons. The number of nitrogens with zero attached hydrogens (tertiary/aromatic N) is 2. The summed E-state index contributed by atoms with van der Waals surface area (Å²) in [6, 6.07) is -4.29. The van der Waals surface area contributed by atoms with Gasteiger partial charge in [-0.05, 0) is 39.5 Å². The van der Waals surface area contributed by atoms with Crippen molar-refractivity contribution in [3.8, 4) is 0 Å². The third-order valence-corrected chi connectivity index (χ3v) is 6.57. The Morgan fingerprint density at radius 1 is 1.18 bits per heavy atom. The van der Waals surface area contributed by atoms with E-state index in [1.54, 1.807) is 33.9 Å². The van der Waals surface area contributed by atoms with Crippen molar-refractivity contribution in [2.24, 2.45) is 5.92 Å². The number of carbonyl (C=O) groups is 5. The van der Waals surface area contributed by atoms with E-state index in [1.165, 1.54) is 11.2 Å². The highest BCUT2D eigenvalue weighted by Crippen LogP contribution is 2.20. The van der Waals surface area contributed by atoms with E-state index in [-0.39, 0.29) is 18.9 Å². The van der Waals surface area contributed by atoms with Crippen LogP contribution in [0.3, 0.4) is 0 Å². The molecule has 5 atom stereocenters. The quantitative estimate of drug-likeness (QED) is 0.217. The Kier molecular flexibility index (Phi) is 11.9. The van der Waals surface area contributed by atoms with Crippen molar-refractivity contribution < 1.29 is 38.6 Å². The van der Waals surface area contributed by atoms with Crippen molar-refractivity contribution in [2.75, 3.05) is 20.3 Å². The molecule has 1 aliphatic rings. The molecule has 40 heavy (non-hydrogen) atoms. The van der Waals surface area contributed by atoms with Crippen molar-refractivity contribution in [3.63, 3.8) is 0 Å². The van der Waals surface area contributed by atoms with Gasteiger partial charge in [0, 0.05) is 19.2 Å². The number of aliphatic hydroxyl groups is 1. The molecule has 1 fully saturated rings. The third kappa shape index (κ3) is 9.21. The van der Waals surface area contributed by atoms with E-state index in [2.05, 4.69) is 30.7 Å².